The quantitative estimate of drug-likeness (QED) is 0.602. The Balaban J connectivity index is 1.30. The summed E-state index contributed by atoms with van der Waals surface area (Å²) in [6, 6.07) is 8.32. The number of nitrogens with one attached hydrogen (secondary N) is 2. The maximum Gasteiger partial charge on any atom is 0.291 e. The van der Waals surface area contributed by atoms with Crippen LogP contribution in [0.25, 0.3) is 5.57 Å². The smallest absolute Gasteiger partial charge is 0.291 e. The van der Waals surface area contributed by atoms with Crippen LogP contribution >= 0.6 is 0 Å². The van der Waals surface area contributed by atoms with Gasteiger partial charge in [0.1, 0.15) is 11.8 Å². The predicted octanol–water partition coefficient (Wildman–Crippen LogP) is 3.92. The van der Waals surface area contributed by atoms with Crippen molar-refractivity contribution in [2.45, 2.75) is 50.9 Å². The minimum Gasteiger partial charge on any atom is -0.379 e. The van der Waals surface area contributed by atoms with Gasteiger partial charge in [0, 0.05) is 37.4 Å². The van der Waals surface area contributed by atoms with Crippen LogP contribution in [0, 0.1) is 11.3 Å². The number of likely N-dealkylation sites (tertiary alicyclic amines) is 1. The van der Waals surface area contributed by atoms with Gasteiger partial charge in [-0.05, 0) is 74.1 Å². The summed E-state index contributed by atoms with van der Waals surface area (Å²) < 4.78 is 5.41. The number of aromatic nitrogens is 2. The lowest BCUT2D eigenvalue weighted by Crippen LogP contribution is -2.45. The normalized spacial score (nSPS) is 20.8. The van der Waals surface area contributed by atoms with Crippen molar-refractivity contribution in [2.75, 3.05) is 51.3 Å². The highest BCUT2D eigenvalue weighted by Gasteiger charge is 2.25. The van der Waals surface area contributed by atoms with Gasteiger partial charge in [-0.3, -0.25) is 14.5 Å². The van der Waals surface area contributed by atoms with Gasteiger partial charge in [-0.25, -0.2) is 4.98 Å². The zero-order chi connectivity index (χ0) is 26.3. The van der Waals surface area contributed by atoms with Gasteiger partial charge in [0.25, 0.3) is 5.91 Å². The number of hydrogen-bond donors (Lipinski definition) is 2. The van der Waals surface area contributed by atoms with Gasteiger partial charge in [0.15, 0.2) is 5.82 Å². The second-order valence-electron chi connectivity index (χ2n) is 10.4. The van der Waals surface area contributed by atoms with Gasteiger partial charge >= 0.3 is 0 Å². The van der Waals surface area contributed by atoms with E-state index < -0.39 is 0 Å². The number of nitriles is 1. The van der Waals surface area contributed by atoms with E-state index >= 15 is 0 Å². The van der Waals surface area contributed by atoms with Crippen molar-refractivity contribution in [2.24, 2.45) is 0 Å². The van der Waals surface area contributed by atoms with E-state index in [0.29, 0.717) is 25.7 Å². The molecule has 3 heterocycles. The number of nitrogens with zero attached hydrogens (tertiary/aromatic N) is 4. The Morgan fingerprint density at radius 2 is 2.00 bits per heavy atom. The van der Waals surface area contributed by atoms with E-state index in [1.807, 2.05) is 17.0 Å². The van der Waals surface area contributed by atoms with Crippen molar-refractivity contribution in [3.8, 4) is 6.07 Å². The number of carbonyl (C=O) groups excluding carboxylic acids is 2. The van der Waals surface area contributed by atoms with Crippen molar-refractivity contribution in [1.82, 2.24) is 19.8 Å². The van der Waals surface area contributed by atoms with E-state index in [2.05, 4.69) is 38.4 Å². The first-order valence-electron chi connectivity index (χ1n) is 13.8. The minimum atomic E-state index is -0.360. The molecule has 2 aliphatic heterocycles. The SMILES string of the molecule is N#Cc1cnc(C(=O)Nc2ccc(C3CCCN(C(=O)CN4CCOCC4)CC3)cc2C2=CCCCC2)[nH]1. The molecule has 9 heteroatoms. The van der Waals surface area contributed by atoms with Gasteiger partial charge < -0.3 is 19.9 Å². The van der Waals surface area contributed by atoms with Crippen LogP contribution in [-0.2, 0) is 9.53 Å². The molecule has 0 bridgehead atoms. The van der Waals surface area contributed by atoms with E-state index in [1.165, 1.54) is 23.8 Å². The number of carbonyl (C=O) groups is 2. The zero-order valence-electron chi connectivity index (χ0n) is 21.9. The molecule has 1 aromatic carbocycles. The number of imidazole rings is 1. The molecular weight excluding hydrogens is 480 g/mol. The molecule has 2 aromatic rings. The van der Waals surface area contributed by atoms with Gasteiger partial charge in [-0.2, -0.15) is 5.26 Å². The Hall–Kier alpha value is -3.48. The first-order valence-corrected chi connectivity index (χ1v) is 13.8. The van der Waals surface area contributed by atoms with Crippen LogP contribution in [0.4, 0.5) is 5.69 Å². The lowest BCUT2D eigenvalue weighted by atomic mass is 9.86. The number of H-pyrrole nitrogens is 1. The van der Waals surface area contributed by atoms with Crippen molar-refractivity contribution in [3.05, 3.63) is 53.1 Å². The summed E-state index contributed by atoms with van der Waals surface area (Å²) in [5.74, 6) is 0.351. The molecule has 1 unspecified atom stereocenters. The monoisotopic (exact) mass is 516 g/mol. The van der Waals surface area contributed by atoms with Crippen LogP contribution in [0.2, 0.25) is 0 Å². The van der Waals surface area contributed by atoms with Crippen LogP contribution in [0.1, 0.15) is 78.3 Å². The molecule has 0 saturated carbocycles. The Bertz CT molecular complexity index is 1220. The molecule has 1 aliphatic carbocycles. The Kier molecular flexibility index (Phi) is 8.51. The standard InChI is InChI=1S/C29H36N6O3/c30-18-24-19-31-28(32-24)29(37)33-26-9-8-23(17-25(26)22-5-2-1-3-6-22)21-7-4-11-35(12-10-21)27(36)20-34-13-15-38-16-14-34/h5,8-9,17,19,21H,1-4,6-7,10-16,20H2,(H,31,32)(H,33,37). The number of morpholine rings is 1. The summed E-state index contributed by atoms with van der Waals surface area (Å²) in [6.07, 6.45) is 11.0. The highest BCUT2D eigenvalue weighted by Crippen LogP contribution is 2.36. The molecule has 38 heavy (non-hydrogen) atoms. The molecule has 2 fully saturated rings. The summed E-state index contributed by atoms with van der Waals surface area (Å²) in [5, 5.41) is 12.1. The van der Waals surface area contributed by atoms with Gasteiger partial charge in [0.05, 0.1) is 26.0 Å². The fourth-order valence-electron chi connectivity index (χ4n) is 5.68. The summed E-state index contributed by atoms with van der Waals surface area (Å²) in [4.78, 5) is 36.9. The number of anilines is 1. The number of ether oxygens (including phenoxy) is 1. The zero-order valence-corrected chi connectivity index (χ0v) is 21.9. The average molecular weight is 517 g/mol. The Morgan fingerprint density at radius 1 is 1.13 bits per heavy atom. The fraction of sp³-hybridized carbons (Fsp3) is 0.517. The number of aromatic amines is 1. The topological polar surface area (TPSA) is 114 Å². The maximum atomic E-state index is 13.0. The van der Waals surface area contributed by atoms with Gasteiger partial charge in [0.2, 0.25) is 5.91 Å². The second-order valence-corrected chi connectivity index (χ2v) is 10.4. The third-order valence-electron chi connectivity index (χ3n) is 7.85. The number of rotatable bonds is 6. The molecule has 1 aromatic heterocycles. The third-order valence-corrected chi connectivity index (χ3v) is 7.85. The number of amides is 2. The van der Waals surface area contributed by atoms with E-state index in [4.69, 9.17) is 10.00 Å². The van der Waals surface area contributed by atoms with Crippen LogP contribution in [0.5, 0.6) is 0 Å². The predicted molar refractivity (Wildman–Crippen MR) is 145 cm³/mol. The van der Waals surface area contributed by atoms with Crippen molar-refractivity contribution in [1.29, 1.82) is 5.26 Å². The molecule has 2 N–H and O–H groups in total. The highest BCUT2D eigenvalue weighted by atomic mass is 16.5. The van der Waals surface area contributed by atoms with Crippen LogP contribution in [0.15, 0.2) is 30.5 Å². The summed E-state index contributed by atoms with van der Waals surface area (Å²) in [5.41, 5.74) is 4.61. The molecule has 2 saturated heterocycles. The lowest BCUT2D eigenvalue weighted by Gasteiger charge is -2.29. The van der Waals surface area contributed by atoms with E-state index in [0.717, 1.165) is 76.0 Å². The van der Waals surface area contributed by atoms with Crippen molar-refractivity contribution >= 4 is 23.1 Å². The van der Waals surface area contributed by atoms with Crippen LogP contribution in [-0.4, -0.2) is 77.5 Å². The average Bonchev–Trinajstić information content (AvgIpc) is 3.31. The van der Waals surface area contributed by atoms with Gasteiger partial charge in [-0.15, -0.1) is 0 Å². The molecule has 0 radical (unpaired) electrons. The molecule has 5 rings (SSSR count). The van der Waals surface area contributed by atoms with E-state index in [1.54, 1.807) is 0 Å². The lowest BCUT2D eigenvalue weighted by molar-refractivity contribution is -0.133. The minimum absolute atomic E-state index is 0.125. The largest absolute Gasteiger partial charge is 0.379 e. The van der Waals surface area contributed by atoms with Crippen LogP contribution in [0.3, 0.4) is 0 Å². The molecule has 200 valence electrons. The number of allylic oxidation sites excluding steroid dienone is 2. The Labute approximate surface area is 223 Å². The number of benzene rings is 1. The van der Waals surface area contributed by atoms with Crippen molar-refractivity contribution in [3.63, 3.8) is 0 Å². The van der Waals surface area contributed by atoms with Crippen LogP contribution < -0.4 is 5.32 Å². The van der Waals surface area contributed by atoms with E-state index in [-0.39, 0.29) is 23.3 Å². The fourth-order valence-corrected chi connectivity index (χ4v) is 5.68. The maximum absolute atomic E-state index is 13.0. The second kappa shape index (κ2) is 12.4. The summed E-state index contributed by atoms with van der Waals surface area (Å²) in [7, 11) is 0. The highest BCUT2D eigenvalue weighted by molar-refractivity contribution is 6.03. The van der Waals surface area contributed by atoms with Crippen molar-refractivity contribution < 1.29 is 14.3 Å². The third kappa shape index (κ3) is 6.32. The molecule has 9 nitrogen and oxygen atoms in total. The first kappa shape index (κ1) is 26.1. The first-order chi connectivity index (χ1) is 18.6. The van der Waals surface area contributed by atoms with Gasteiger partial charge in [-0.1, -0.05) is 12.1 Å². The molecule has 2 amide bonds. The molecular formula is C29H36N6O3. The molecule has 1 atom stereocenters. The Morgan fingerprint density at radius 3 is 2.76 bits per heavy atom. The summed E-state index contributed by atoms with van der Waals surface area (Å²) in [6.45, 7) is 5.10. The van der Waals surface area contributed by atoms with E-state index in [9.17, 15) is 9.59 Å². The summed E-state index contributed by atoms with van der Waals surface area (Å²) >= 11 is 0. The molecule has 0 spiro atoms. The number of hydrogen-bond acceptors (Lipinski definition) is 6. The molecule has 3 aliphatic rings.